The highest BCUT2D eigenvalue weighted by Crippen LogP contribution is 2.17. The monoisotopic (exact) mass is 419 g/mol. The molecule has 7 heteroatoms. The third-order valence-corrected chi connectivity index (χ3v) is 5.11. The third kappa shape index (κ3) is 6.60. The first kappa shape index (κ1) is 22.4. The fourth-order valence-corrected chi connectivity index (χ4v) is 3.34. The van der Waals surface area contributed by atoms with E-state index < -0.39 is 12.1 Å². The van der Waals surface area contributed by atoms with Crippen LogP contribution in [0.2, 0.25) is 0 Å². The number of aryl methyl sites for hydroxylation is 1. The van der Waals surface area contributed by atoms with Gasteiger partial charge in [-0.15, -0.1) is 0 Å². The van der Waals surface area contributed by atoms with Crippen LogP contribution in [-0.4, -0.2) is 35.4 Å². The van der Waals surface area contributed by atoms with Crippen LogP contribution in [0.3, 0.4) is 0 Å². The molecule has 0 bridgehead atoms. The zero-order valence-corrected chi connectivity index (χ0v) is 17.5. The molecule has 6 N–H and O–H groups in total. The van der Waals surface area contributed by atoms with Crippen molar-refractivity contribution in [2.75, 3.05) is 11.9 Å². The molecule has 2 aromatic carbocycles. The molecule has 0 saturated heterocycles. The minimum Gasteiger partial charge on any atom is -0.343 e. The van der Waals surface area contributed by atoms with Crippen molar-refractivity contribution >= 4 is 28.4 Å². The second-order valence-electron chi connectivity index (χ2n) is 7.53. The number of carbonyl (C=O) groups is 2. The molecular formula is C24H29N5O2. The van der Waals surface area contributed by atoms with E-state index in [-0.39, 0.29) is 11.8 Å². The molecule has 0 aliphatic rings. The van der Waals surface area contributed by atoms with E-state index in [1.54, 1.807) is 6.20 Å². The van der Waals surface area contributed by atoms with Crippen LogP contribution < -0.4 is 22.1 Å². The van der Waals surface area contributed by atoms with E-state index >= 15 is 0 Å². The SMILES string of the molecule is NCCC[C@H](N)C(=O)N[C@@H](CCc1ccccc1)C(=O)Nc1cnc2ccccc2c1. The summed E-state index contributed by atoms with van der Waals surface area (Å²) in [5, 5.41) is 6.62. The second-order valence-corrected chi connectivity index (χ2v) is 7.53. The van der Waals surface area contributed by atoms with E-state index in [1.807, 2.05) is 60.7 Å². The molecule has 0 unspecified atom stereocenters. The van der Waals surface area contributed by atoms with Crippen LogP contribution in [0.15, 0.2) is 66.9 Å². The summed E-state index contributed by atoms with van der Waals surface area (Å²) in [6.07, 6.45) is 3.84. The molecule has 0 aliphatic heterocycles. The molecule has 162 valence electrons. The Morgan fingerprint density at radius 1 is 0.968 bits per heavy atom. The number of nitrogens with two attached hydrogens (primary N) is 2. The van der Waals surface area contributed by atoms with Crippen molar-refractivity contribution in [1.82, 2.24) is 10.3 Å². The topological polar surface area (TPSA) is 123 Å². The van der Waals surface area contributed by atoms with Crippen molar-refractivity contribution in [3.63, 3.8) is 0 Å². The first-order chi connectivity index (χ1) is 15.1. The van der Waals surface area contributed by atoms with Crippen LogP contribution >= 0.6 is 0 Å². The highest BCUT2D eigenvalue weighted by atomic mass is 16.2. The van der Waals surface area contributed by atoms with Gasteiger partial charge < -0.3 is 22.1 Å². The van der Waals surface area contributed by atoms with E-state index in [2.05, 4.69) is 15.6 Å². The van der Waals surface area contributed by atoms with Crippen LogP contribution in [0.4, 0.5) is 5.69 Å². The molecule has 3 aromatic rings. The molecule has 0 fully saturated rings. The van der Waals surface area contributed by atoms with E-state index in [4.69, 9.17) is 11.5 Å². The standard InChI is InChI=1S/C24H29N5O2/c25-14-6-10-20(26)23(30)29-22(13-12-17-7-2-1-3-8-17)24(31)28-19-15-18-9-4-5-11-21(18)27-16-19/h1-5,7-9,11,15-16,20,22H,6,10,12-14,25-26H2,(H,28,31)(H,29,30)/t20-,22-/m0/s1. The maximum Gasteiger partial charge on any atom is 0.247 e. The van der Waals surface area contributed by atoms with Crippen LogP contribution in [-0.2, 0) is 16.0 Å². The second kappa shape index (κ2) is 11.2. The Hall–Kier alpha value is -3.29. The number of para-hydroxylation sites is 1. The summed E-state index contributed by atoms with van der Waals surface area (Å²) in [7, 11) is 0. The number of carbonyl (C=O) groups excluding carboxylic acids is 2. The van der Waals surface area contributed by atoms with Crippen LogP contribution in [0.1, 0.15) is 24.8 Å². The summed E-state index contributed by atoms with van der Waals surface area (Å²) >= 11 is 0. The highest BCUT2D eigenvalue weighted by Gasteiger charge is 2.24. The van der Waals surface area contributed by atoms with Gasteiger partial charge in [0.05, 0.1) is 23.4 Å². The molecule has 31 heavy (non-hydrogen) atoms. The lowest BCUT2D eigenvalue weighted by molar-refractivity contribution is -0.127. The quantitative estimate of drug-likeness (QED) is 0.402. The number of fused-ring (bicyclic) bond motifs is 1. The number of hydrogen-bond donors (Lipinski definition) is 4. The lowest BCUT2D eigenvalue weighted by atomic mass is 10.0. The molecule has 0 aliphatic carbocycles. The number of aromatic nitrogens is 1. The normalized spacial score (nSPS) is 12.8. The van der Waals surface area contributed by atoms with Gasteiger partial charge in [0.1, 0.15) is 6.04 Å². The molecule has 0 spiro atoms. The number of rotatable bonds is 10. The predicted molar refractivity (Wildman–Crippen MR) is 123 cm³/mol. The Bertz CT molecular complexity index is 1010. The van der Waals surface area contributed by atoms with Crippen molar-refractivity contribution in [2.24, 2.45) is 11.5 Å². The van der Waals surface area contributed by atoms with Crippen molar-refractivity contribution in [3.8, 4) is 0 Å². The van der Waals surface area contributed by atoms with Gasteiger partial charge >= 0.3 is 0 Å². The number of benzene rings is 2. The molecule has 0 saturated carbocycles. The Morgan fingerprint density at radius 2 is 1.71 bits per heavy atom. The lowest BCUT2D eigenvalue weighted by Gasteiger charge is -2.21. The average Bonchev–Trinajstić information content (AvgIpc) is 2.80. The van der Waals surface area contributed by atoms with E-state index in [1.165, 1.54) is 0 Å². The van der Waals surface area contributed by atoms with Crippen molar-refractivity contribution in [3.05, 3.63) is 72.4 Å². The summed E-state index contributed by atoms with van der Waals surface area (Å²) in [5.41, 5.74) is 14.0. The maximum absolute atomic E-state index is 13.0. The van der Waals surface area contributed by atoms with Crippen molar-refractivity contribution < 1.29 is 9.59 Å². The van der Waals surface area contributed by atoms with Crippen LogP contribution in [0.25, 0.3) is 10.9 Å². The molecule has 7 nitrogen and oxygen atoms in total. The fraction of sp³-hybridized carbons (Fsp3) is 0.292. The van der Waals surface area contributed by atoms with Gasteiger partial charge in [0.15, 0.2) is 0 Å². The van der Waals surface area contributed by atoms with Crippen LogP contribution in [0, 0.1) is 0 Å². The Kier molecular flexibility index (Phi) is 8.09. The predicted octanol–water partition coefficient (Wildman–Crippen LogP) is 2.36. The van der Waals surface area contributed by atoms with Gasteiger partial charge in [-0.2, -0.15) is 0 Å². The van der Waals surface area contributed by atoms with Crippen molar-refractivity contribution in [1.29, 1.82) is 0 Å². The van der Waals surface area contributed by atoms with E-state index in [0.717, 1.165) is 16.5 Å². The summed E-state index contributed by atoms with van der Waals surface area (Å²) in [4.78, 5) is 29.9. The van der Waals surface area contributed by atoms with Gasteiger partial charge in [0.2, 0.25) is 11.8 Å². The van der Waals surface area contributed by atoms with Crippen LogP contribution in [0.5, 0.6) is 0 Å². The number of pyridine rings is 1. The number of nitrogens with one attached hydrogen (secondary N) is 2. The van der Waals surface area contributed by atoms with Crippen molar-refractivity contribution in [2.45, 2.75) is 37.8 Å². The van der Waals surface area contributed by atoms with Gasteiger partial charge in [-0.05, 0) is 49.9 Å². The maximum atomic E-state index is 13.0. The molecule has 2 amide bonds. The minimum atomic E-state index is -0.719. The third-order valence-electron chi connectivity index (χ3n) is 5.11. The molecular weight excluding hydrogens is 390 g/mol. The molecule has 1 heterocycles. The van der Waals surface area contributed by atoms with Gasteiger partial charge in [-0.1, -0.05) is 48.5 Å². The number of amides is 2. The average molecular weight is 420 g/mol. The first-order valence-corrected chi connectivity index (χ1v) is 10.5. The summed E-state index contributed by atoms with van der Waals surface area (Å²) in [6, 6.07) is 18.0. The Balaban J connectivity index is 1.71. The Morgan fingerprint density at radius 3 is 2.48 bits per heavy atom. The van der Waals surface area contributed by atoms with E-state index in [9.17, 15) is 9.59 Å². The van der Waals surface area contributed by atoms with Gasteiger partial charge in [0, 0.05) is 5.39 Å². The molecule has 0 radical (unpaired) electrons. The summed E-state index contributed by atoms with van der Waals surface area (Å²) < 4.78 is 0. The first-order valence-electron chi connectivity index (χ1n) is 10.5. The fourth-order valence-electron chi connectivity index (χ4n) is 3.34. The molecule has 2 atom stereocenters. The zero-order valence-electron chi connectivity index (χ0n) is 17.5. The zero-order chi connectivity index (χ0) is 22.1. The minimum absolute atomic E-state index is 0.299. The lowest BCUT2D eigenvalue weighted by Crippen LogP contribution is -2.50. The molecule has 3 rings (SSSR count). The smallest absolute Gasteiger partial charge is 0.247 e. The van der Waals surface area contributed by atoms with Gasteiger partial charge in [0.25, 0.3) is 0 Å². The molecule has 1 aromatic heterocycles. The Labute approximate surface area is 182 Å². The number of anilines is 1. The summed E-state index contributed by atoms with van der Waals surface area (Å²) in [5.74, 6) is -0.648. The number of nitrogens with zero attached hydrogens (tertiary/aromatic N) is 1. The number of hydrogen-bond acceptors (Lipinski definition) is 5. The van der Waals surface area contributed by atoms with Gasteiger partial charge in [-0.3, -0.25) is 14.6 Å². The van der Waals surface area contributed by atoms with E-state index in [0.29, 0.717) is 37.9 Å². The largest absolute Gasteiger partial charge is 0.343 e. The van der Waals surface area contributed by atoms with Gasteiger partial charge in [-0.25, -0.2) is 0 Å². The summed E-state index contributed by atoms with van der Waals surface area (Å²) in [6.45, 7) is 0.466. The highest BCUT2D eigenvalue weighted by molar-refractivity contribution is 5.98.